The van der Waals surface area contributed by atoms with Crippen molar-refractivity contribution in [1.29, 1.82) is 5.26 Å². The summed E-state index contributed by atoms with van der Waals surface area (Å²) >= 11 is 0. The molecule has 0 atom stereocenters. The highest BCUT2D eigenvalue weighted by atomic mass is 16.2. The van der Waals surface area contributed by atoms with Gasteiger partial charge in [0.15, 0.2) is 0 Å². The lowest BCUT2D eigenvalue weighted by Crippen LogP contribution is -2.33. The van der Waals surface area contributed by atoms with Crippen molar-refractivity contribution < 1.29 is 0 Å². The molecule has 0 radical (unpaired) electrons. The van der Waals surface area contributed by atoms with Crippen LogP contribution >= 0.6 is 0 Å². The number of rotatable bonds is 2. The molecule has 1 aromatic carbocycles. The first-order valence-electron chi connectivity index (χ1n) is 5.83. The van der Waals surface area contributed by atoms with Crippen LogP contribution in [0.3, 0.4) is 0 Å². The van der Waals surface area contributed by atoms with Crippen molar-refractivity contribution in [3.63, 3.8) is 0 Å². The summed E-state index contributed by atoms with van der Waals surface area (Å²) in [6.07, 6.45) is 0. The van der Waals surface area contributed by atoms with Gasteiger partial charge in [-0.25, -0.2) is 4.68 Å². The predicted octanol–water partition coefficient (Wildman–Crippen LogP) is 1.07. The third-order valence-corrected chi connectivity index (χ3v) is 3.17. The summed E-state index contributed by atoms with van der Waals surface area (Å²) in [5.41, 5.74) is 1.52. The van der Waals surface area contributed by atoms with E-state index in [0.717, 1.165) is 0 Å². The Morgan fingerprint density at radius 1 is 1.21 bits per heavy atom. The van der Waals surface area contributed by atoms with Crippen LogP contribution in [0.15, 0.2) is 33.9 Å². The number of aromatic amines is 1. The molecule has 5 nitrogen and oxygen atoms in total. The number of hydrogen-bond acceptors (Lipinski definition) is 3. The first-order valence-corrected chi connectivity index (χ1v) is 5.83. The van der Waals surface area contributed by atoms with Gasteiger partial charge in [0, 0.05) is 11.1 Å². The molecule has 1 heterocycles. The number of aromatic nitrogens is 2. The molecule has 0 unspecified atom stereocenters. The zero-order valence-corrected chi connectivity index (χ0v) is 10.7. The number of nitrogens with one attached hydrogen (secondary N) is 1. The van der Waals surface area contributed by atoms with E-state index in [-0.39, 0.29) is 17.7 Å². The summed E-state index contributed by atoms with van der Waals surface area (Å²) in [7, 11) is 0. The van der Waals surface area contributed by atoms with Crippen molar-refractivity contribution in [3.8, 4) is 6.07 Å². The monoisotopic (exact) mass is 255 g/mol. The fourth-order valence-corrected chi connectivity index (χ4v) is 1.84. The third-order valence-electron chi connectivity index (χ3n) is 3.17. The van der Waals surface area contributed by atoms with Gasteiger partial charge < -0.3 is 0 Å². The minimum Gasteiger partial charge on any atom is -0.268 e. The van der Waals surface area contributed by atoms with Gasteiger partial charge in [0.05, 0.1) is 18.2 Å². The molecule has 0 spiro atoms. The van der Waals surface area contributed by atoms with E-state index in [1.54, 1.807) is 38.1 Å². The van der Waals surface area contributed by atoms with Crippen LogP contribution in [0.4, 0.5) is 0 Å². The van der Waals surface area contributed by atoms with Gasteiger partial charge in [0.2, 0.25) is 0 Å². The number of nitriles is 1. The molecule has 1 aromatic heterocycles. The second-order valence-corrected chi connectivity index (χ2v) is 4.35. The average Bonchev–Trinajstić information content (AvgIpc) is 2.43. The van der Waals surface area contributed by atoms with Gasteiger partial charge >= 0.3 is 0 Å². The van der Waals surface area contributed by atoms with E-state index in [0.29, 0.717) is 22.3 Å². The second-order valence-electron chi connectivity index (χ2n) is 4.35. The Morgan fingerprint density at radius 2 is 1.89 bits per heavy atom. The minimum atomic E-state index is -0.286. The van der Waals surface area contributed by atoms with Crippen LogP contribution in [0, 0.1) is 25.2 Å². The Hall–Kier alpha value is -2.61. The van der Waals surface area contributed by atoms with Crippen molar-refractivity contribution in [1.82, 2.24) is 9.78 Å². The molecule has 0 aliphatic rings. The molecule has 0 fully saturated rings. The highest BCUT2D eigenvalue weighted by Crippen LogP contribution is 2.07. The summed E-state index contributed by atoms with van der Waals surface area (Å²) in [6.45, 7) is 3.42. The van der Waals surface area contributed by atoms with Gasteiger partial charge in [-0.05, 0) is 25.5 Å². The fourth-order valence-electron chi connectivity index (χ4n) is 1.84. The first-order chi connectivity index (χ1) is 9.04. The third kappa shape index (κ3) is 2.33. The second kappa shape index (κ2) is 4.94. The van der Waals surface area contributed by atoms with Crippen molar-refractivity contribution in [2.75, 3.05) is 0 Å². The van der Waals surface area contributed by atoms with Crippen molar-refractivity contribution in [3.05, 3.63) is 67.2 Å². The average molecular weight is 255 g/mol. The fraction of sp³-hybridized carbons (Fsp3) is 0.214. The Balaban J connectivity index is 2.54. The summed E-state index contributed by atoms with van der Waals surface area (Å²) in [6, 6.07) is 9.06. The van der Waals surface area contributed by atoms with E-state index in [4.69, 9.17) is 5.26 Å². The standard InChI is InChI=1S/C14H13N3O2/c1-9-10(2)14(19)17(16-13(9)18)8-12-6-4-3-5-11(12)7-15/h3-6H,8H2,1-2H3,(H,16,18). The molecule has 1 N–H and O–H groups in total. The molecule has 96 valence electrons. The van der Waals surface area contributed by atoms with E-state index in [1.165, 1.54) is 4.68 Å². The minimum absolute atomic E-state index is 0.179. The molecule has 19 heavy (non-hydrogen) atoms. The van der Waals surface area contributed by atoms with E-state index in [9.17, 15) is 9.59 Å². The molecular weight excluding hydrogens is 242 g/mol. The van der Waals surface area contributed by atoms with Gasteiger partial charge in [-0.2, -0.15) is 5.26 Å². The van der Waals surface area contributed by atoms with Gasteiger partial charge in [0.1, 0.15) is 0 Å². The normalized spacial score (nSPS) is 10.2. The maximum Gasteiger partial charge on any atom is 0.268 e. The number of H-pyrrole nitrogens is 1. The quantitative estimate of drug-likeness (QED) is 0.871. The van der Waals surface area contributed by atoms with E-state index in [1.807, 2.05) is 0 Å². The highest BCUT2D eigenvalue weighted by Gasteiger charge is 2.09. The molecule has 0 saturated heterocycles. The van der Waals surface area contributed by atoms with Crippen molar-refractivity contribution in [2.45, 2.75) is 20.4 Å². The van der Waals surface area contributed by atoms with E-state index >= 15 is 0 Å². The van der Waals surface area contributed by atoms with Crippen LogP contribution in [0.5, 0.6) is 0 Å². The molecule has 0 amide bonds. The van der Waals surface area contributed by atoms with Gasteiger partial charge in [0.25, 0.3) is 11.1 Å². The van der Waals surface area contributed by atoms with Crippen molar-refractivity contribution >= 4 is 0 Å². The lowest BCUT2D eigenvalue weighted by Gasteiger charge is -2.09. The van der Waals surface area contributed by atoms with Crippen LogP contribution in [0.25, 0.3) is 0 Å². The Kier molecular flexibility index (Phi) is 3.34. The van der Waals surface area contributed by atoms with Crippen molar-refractivity contribution in [2.24, 2.45) is 0 Å². The molecule has 0 bridgehead atoms. The highest BCUT2D eigenvalue weighted by molar-refractivity contribution is 5.37. The maximum atomic E-state index is 12.1. The first kappa shape index (κ1) is 12.8. The number of hydrogen-bond donors (Lipinski definition) is 1. The molecule has 2 aromatic rings. The van der Waals surface area contributed by atoms with Gasteiger partial charge in [-0.1, -0.05) is 18.2 Å². The molecular formula is C14H13N3O2. The number of nitrogens with zero attached hydrogens (tertiary/aromatic N) is 2. The molecule has 5 heteroatoms. The van der Waals surface area contributed by atoms with Gasteiger partial charge in [-0.3, -0.25) is 14.7 Å². The Labute approximate surface area is 109 Å². The smallest absolute Gasteiger partial charge is 0.268 e. The Morgan fingerprint density at radius 3 is 2.58 bits per heavy atom. The topological polar surface area (TPSA) is 78.7 Å². The lowest BCUT2D eigenvalue weighted by atomic mass is 10.1. The predicted molar refractivity (Wildman–Crippen MR) is 71.1 cm³/mol. The zero-order valence-electron chi connectivity index (χ0n) is 10.7. The SMILES string of the molecule is Cc1c(C)c(=O)n(Cc2ccccc2C#N)[nH]c1=O. The van der Waals surface area contributed by atoms with Crippen LogP contribution in [0.2, 0.25) is 0 Å². The lowest BCUT2D eigenvalue weighted by molar-refractivity contribution is 0.617. The van der Waals surface area contributed by atoms with Crippen LogP contribution in [-0.2, 0) is 6.54 Å². The zero-order chi connectivity index (χ0) is 14.0. The number of benzene rings is 1. The summed E-state index contributed by atoms with van der Waals surface area (Å²) in [5.74, 6) is 0. The molecule has 0 aliphatic carbocycles. The molecule has 0 aliphatic heterocycles. The summed E-state index contributed by atoms with van der Waals surface area (Å²) in [4.78, 5) is 23.7. The summed E-state index contributed by atoms with van der Waals surface area (Å²) in [5, 5.41) is 11.5. The Bertz CT molecular complexity index is 778. The molecule has 0 saturated carbocycles. The van der Waals surface area contributed by atoms with Crippen LogP contribution < -0.4 is 11.1 Å². The summed E-state index contributed by atoms with van der Waals surface area (Å²) < 4.78 is 1.24. The largest absolute Gasteiger partial charge is 0.268 e. The molecule has 2 rings (SSSR count). The van der Waals surface area contributed by atoms with Crippen LogP contribution in [0.1, 0.15) is 22.3 Å². The van der Waals surface area contributed by atoms with Gasteiger partial charge in [-0.15, -0.1) is 0 Å². The van der Waals surface area contributed by atoms with E-state index in [2.05, 4.69) is 11.2 Å². The van der Waals surface area contributed by atoms with Crippen LogP contribution in [-0.4, -0.2) is 9.78 Å². The van der Waals surface area contributed by atoms with E-state index < -0.39 is 0 Å². The maximum absolute atomic E-state index is 12.1.